The monoisotopic (exact) mass is 401 g/mol. The second-order valence-electron chi connectivity index (χ2n) is 7.98. The summed E-state index contributed by atoms with van der Waals surface area (Å²) in [5.41, 5.74) is 4.82. The maximum atomic E-state index is 13.0. The molecule has 6 heteroatoms. The van der Waals surface area contributed by atoms with E-state index in [4.69, 9.17) is 0 Å². The summed E-state index contributed by atoms with van der Waals surface area (Å²) in [4.78, 5) is 7.24. The second kappa shape index (κ2) is 8.72. The molecule has 1 aliphatic heterocycles. The van der Waals surface area contributed by atoms with Crippen LogP contribution in [0.25, 0.3) is 0 Å². The Morgan fingerprint density at radius 3 is 2.29 bits per heavy atom. The number of hydrogen-bond acceptors (Lipinski definition) is 4. The van der Waals surface area contributed by atoms with Gasteiger partial charge in [-0.1, -0.05) is 12.1 Å². The summed E-state index contributed by atoms with van der Waals surface area (Å²) in [5.74, 6) is 0.376. The maximum absolute atomic E-state index is 13.0. The maximum Gasteiger partial charge on any atom is 0.241 e. The van der Waals surface area contributed by atoms with Crippen molar-refractivity contribution in [1.29, 1.82) is 0 Å². The molecule has 1 aliphatic rings. The number of piperidine rings is 1. The molecule has 0 atom stereocenters. The number of pyridine rings is 1. The summed E-state index contributed by atoms with van der Waals surface area (Å²) in [7, 11) is -3.50. The van der Waals surface area contributed by atoms with Crippen LogP contribution in [0.4, 0.5) is 0 Å². The average Bonchev–Trinajstić information content (AvgIpc) is 2.67. The van der Waals surface area contributed by atoms with Crippen LogP contribution < -0.4 is 4.72 Å². The van der Waals surface area contributed by atoms with E-state index >= 15 is 0 Å². The van der Waals surface area contributed by atoms with Crippen LogP contribution in [0.2, 0.25) is 0 Å². The third kappa shape index (κ3) is 4.80. The number of rotatable bonds is 6. The molecule has 1 N–H and O–H groups in total. The van der Waals surface area contributed by atoms with Gasteiger partial charge in [-0.3, -0.25) is 9.88 Å². The Morgan fingerprint density at radius 2 is 1.71 bits per heavy atom. The van der Waals surface area contributed by atoms with E-state index in [1.165, 1.54) is 0 Å². The highest BCUT2D eigenvalue weighted by Gasteiger charge is 2.25. The summed E-state index contributed by atoms with van der Waals surface area (Å²) in [6.07, 6.45) is 3.83. The number of aromatic nitrogens is 1. The van der Waals surface area contributed by atoms with Crippen molar-refractivity contribution in [2.45, 2.75) is 52.0 Å². The molecule has 0 saturated carbocycles. The zero-order chi connectivity index (χ0) is 20.3. The van der Waals surface area contributed by atoms with Crippen molar-refractivity contribution in [2.24, 2.45) is 5.92 Å². The van der Waals surface area contributed by atoms with Gasteiger partial charge in [0.15, 0.2) is 0 Å². The molecule has 1 aromatic heterocycles. The van der Waals surface area contributed by atoms with Crippen LogP contribution >= 0.6 is 0 Å². The molecule has 1 fully saturated rings. The standard InChI is InChI=1S/C22H31N3O2S/c1-16-13-17(2)19(4)22(18(16)3)28(26,27)24-14-20-8-11-25(12-9-20)15-21-7-5-6-10-23-21/h5-7,10,13,20,24H,8-9,11-12,14-15H2,1-4H3. The van der Waals surface area contributed by atoms with Crippen LogP contribution in [-0.2, 0) is 16.6 Å². The minimum absolute atomic E-state index is 0.376. The largest absolute Gasteiger partial charge is 0.297 e. The van der Waals surface area contributed by atoms with E-state index in [9.17, 15) is 8.42 Å². The van der Waals surface area contributed by atoms with Crippen molar-refractivity contribution in [3.8, 4) is 0 Å². The Bertz CT molecular complexity index is 892. The minimum Gasteiger partial charge on any atom is -0.297 e. The second-order valence-corrected chi connectivity index (χ2v) is 9.69. The molecule has 28 heavy (non-hydrogen) atoms. The molecule has 0 spiro atoms. The summed E-state index contributed by atoms with van der Waals surface area (Å²) < 4.78 is 28.9. The zero-order valence-corrected chi connectivity index (χ0v) is 18.1. The normalized spacial score (nSPS) is 16.4. The molecule has 152 valence electrons. The van der Waals surface area contributed by atoms with Crippen LogP contribution in [-0.4, -0.2) is 37.9 Å². The van der Waals surface area contributed by atoms with E-state index in [-0.39, 0.29) is 0 Å². The van der Waals surface area contributed by atoms with Crippen molar-refractivity contribution in [1.82, 2.24) is 14.6 Å². The highest BCUT2D eigenvalue weighted by Crippen LogP contribution is 2.26. The molecular formula is C22H31N3O2S. The molecule has 1 aromatic carbocycles. The molecule has 2 heterocycles. The summed E-state index contributed by atoms with van der Waals surface area (Å²) in [6.45, 7) is 11.1. The van der Waals surface area contributed by atoms with Crippen LogP contribution in [0.1, 0.15) is 40.8 Å². The van der Waals surface area contributed by atoms with Crippen LogP contribution in [0.5, 0.6) is 0 Å². The average molecular weight is 402 g/mol. The molecule has 0 unspecified atom stereocenters. The number of hydrogen-bond donors (Lipinski definition) is 1. The van der Waals surface area contributed by atoms with Gasteiger partial charge in [-0.15, -0.1) is 0 Å². The molecule has 5 nitrogen and oxygen atoms in total. The molecule has 0 amide bonds. The number of aryl methyl sites for hydroxylation is 2. The molecule has 0 radical (unpaired) electrons. The fourth-order valence-electron chi connectivity index (χ4n) is 3.95. The smallest absolute Gasteiger partial charge is 0.241 e. The van der Waals surface area contributed by atoms with Crippen molar-refractivity contribution >= 4 is 10.0 Å². The number of nitrogens with zero attached hydrogens (tertiary/aromatic N) is 2. The first kappa shape index (κ1) is 21.0. The molecule has 3 rings (SSSR count). The zero-order valence-electron chi connectivity index (χ0n) is 17.3. The number of likely N-dealkylation sites (tertiary alicyclic amines) is 1. The van der Waals surface area contributed by atoms with Gasteiger partial charge in [0.2, 0.25) is 10.0 Å². The van der Waals surface area contributed by atoms with Crippen molar-refractivity contribution in [3.63, 3.8) is 0 Å². The van der Waals surface area contributed by atoms with Gasteiger partial charge in [0.1, 0.15) is 0 Å². The molecule has 0 aliphatic carbocycles. The van der Waals surface area contributed by atoms with Crippen LogP contribution in [0.15, 0.2) is 35.4 Å². The predicted octanol–water partition coefficient (Wildman–Crippen LogP) is 3.51. The third-order valence-electron chi connectivity index (χ3n) is 5.95. The predicted molar refractivity (Wildman–Crippen MR) is 113 cm³/mol. The van der Waals surface area contributed by atoms with E-state index in [1.54, 1.807) is 0 Å². The van der Waals surface area contributed by atoms with E-state index < -0.39 is 10.0 Å². The van der Waals surface area contributed by atoms with Gasteiger partial charge in [-0.25, -0.2) is 13.1 Å². The number of benzene rings is 1. The first-order valence-corrected chi connectivity index (χ1v) is 11.5. The van der Waals surface area contributed by atoms with Gasteiger partial charge in [0.25, 0.3) is 0 Å². The van der Waals surface area contributed by atoms with E-state index in [0.29, 0.717) is 17.4 Å². The summed E-state index contributed by atoms with van der Waals surface area (Å²) >= 11 is 0. The topological polar surface area (TPSA) is 62.3 Å². The van der Waals surface area contributed by atoms with Gasteiger partial charge < -0.3 is 0 Å². The minimum atomic E-state index is -3.50. The fourth-order valence-corrected chi connectivity index (χ4v) is 5.68. The van der Waals surface area contributed by atoms with E-state index in [2.05, 4.69) is 26.7 Å². The lowest BCUT2D eigenvalue weighted by atomic mass is 9.97. The Kier molecular flexibility index (Phi) is 6.53. The first-order chi connectivity index (χ1) is 13.3. The summed E-state index contributed by atoms with van der Waals surface area (Å²) in [6, 6.07) is 8.05. The van der Waals surface area contributed by atoms with E-state index in [1.807, 2.05) is 46.0 Å². The van der Waals surface area contributed by atoms with Gasteiger partial charge in [0.05, 0.1) is 10.6 Å². The van der Waals surface area contributed by atoms with E-state index in [0.717, 1.165) is 60.4 Å². The highest BCUT2D eigenvalue weighted by molar-refractivity contribution is 7.89. The Hall–Kier alpha value is -1.76. The Labute approximate surface area is 169 Å². The first-order valence-electron chi connectivity index (χ1n) is 9.97. The van der Waals surface area contributed by atoms with Crippen LogP contribution in [0.3, 0.4) is 0 Å². The van der Waals surface area contributed by atoms with Gasteiger partial charge >= 0.3 is 0 Å². The summed E-state index contributed by atoms with van der Waals surface area (Å²) in [5, 5.41) is 0. The Balaban J connectivity index is 1.58. The lowest BCUT2D eigenvalue weighted by molar-refractivity contribution is 0.177. The van der Waals surface area contributed by atoms with Gasteiger partial charge in [-0.05, 0) is 93.9 Å². The molecule has 1 saturated heterocycles. The van der Waals surface area contributed by atoms with Gasteiger partial charge in [0, 0.05) is 19.3 Å². The van der Waals surface area contributed by atoms with Crippen molar-refractivity contribution in [3.05, 3.63) is 58.4 Å². The third-order valence-corrected chi connectivity index (χ3v) is 7.64. The fraction of sp³-hybridized carbons (Fsp3) is 0.500. The molecule has 0 bridgehead atoms. The van der Waals surface area contributed by atoms with Crippen LogP contribution in [0, 0.1) is 33.6 Å². The lowest BCUT2D eigenvalue weighted by Crippen LogP contribution is -2.38. The lowest BCUT2D eigenvalue weighted by Gasteiger charge is -2.31. The number of sulfonamides is 1. The SMILES string of the molecule is Cc1cc(C)c(C)c(S(=O)(=O)NCC2CCN(Cc3ccccn3)CC2)c1C. The quantitative estimate of drug-likeness (QED) is 0.805. The Morgan fingerprint density at radius 1 is 1.07 bits per heavy atom. The van der Waals surface area contributed by atoms with Crippen molar-refractivity contribution in [2.75, 3.05) is 19.6 Å². The number of nitrogens with one attached hydrogen (secondary N) is 1. The van der Waals surface area contributed by atoms with Gasteiger partial charge in [-0.2, -0.15) is 0 Å². The van der Waals surface area contributed by atoms with Crippen molar-refractivity contribution < 1.29 is 8.42 Å². The molecular weight excluding hydrogens is 370 g/mol. The highest BCUT2D eigenvalue weighted by atomic mass is 32.2. The molecule has 2 aromatic rings.